The lowest BCUT2D eigenvalue weighted by molar-refractivity contribution is 0.557. The van der Waals surface area contributed by atoms with Crippen LogP contribution < -0.4 is 5.32 Å². The van der Waals surface area contributed by atoms with E-state index in [1.807, 2.05) is 24.0 Å². The van der Waals surface area contributed by atoms with Gasteiger partial charge in [0.2, 0.25) is 5.13 Å². The Morgan fingerprint density at radius 3 is 2.94 bits per heavy atom. The topological polar surface area (TPSA) is 55.6 Å². The first kappa shape index (κ1) is 10.7. The standard InChI is InChI=1S/C11H15N5S/c1-7-5-12-16(6-7)8(2)10-14-15-11(17-10)13-9-3-4-9/h5-6,8-9H,3-4H2,1-2H3,(H,13,15)/t8-/m1/s1. The summed E-state index contributed by atoms with van der Waals surface area (Å²) in [5, 5.41) is 18.0. The molecule has 0 radical (unpaired) electrons. The summed E-state index contributed by atoms with van der Waals surface area (Å²) in [5.41, 5.74) is 1.16. The molecule has 1 aliphatic carbocycles. The van der Waals surface area contributed by atoms with Crippen molar-refractivity contribution in [1.29, 1.82) is 0 Å². The monoisotopic (exact) mass is 249 g/mol. The van der Waals surface area contributed by atoms with Crippen molar-refractivity contribution in [2.75, 3.05) is 5.32 Å². The van der Waals surface area contributed by atoms with Gasteiger partial charge < -0.3 is 5.32 Å². The van der Waals surface area contributed by atoms with E-state index in [0.29, 0.717) is 6.04 Å². The molecule has 90 valence electrons. The Bertz CT molecular complexity index is 513. The van der Waals surface area contributed by atoms with Crippen molar-refractivity contribution in [1.82, 2.24) is 20.0 Å². The van der Waals surface area contributed by atoms with Gasteiger partial charge in [-0.25, -0.2) is 0 Å². The molecule has 0 bridgehead atoms. The van der Waals surface area contributed by atoms with Crippen LogP contribution in [0.4, 0.5) is 5.13 Å². The molecule has 1 aliphatic rings. The maximum Gasteiger partial charge on any atom is 0.205 e. The Morgan fingerprint density at radius 1 is 1.47 bits per heavy atom. The zero-order valence-electron chi connectivity index (χ0n) is 9.92. The molecule has 0 aliphatic heterocycles. The maximum atomic E-state index is 4.31. The first-order valence-corrected chi connectivity index (χ1v) is 6.65. The lowest BCUT2D eigenvalue weighted by Gasteiger charge is -2.07. The third-order valence-electron chi connectivity index (χ3n) is 2.83. The number of hydrogen-bond donors (Lipinski definition) is 1. The second kappa shape index (κ2) is 4.10. The van der Waals surface area contributed by atoms with Crippen LogP contribution in [0.15, 0.2) is 12.4 Å². The average Bonchev–Trinajstić information content (AvgIpc) is 2.83. The van der Waals surface area contributed by atoms with E-state index in [2.05, 4.69) is 27.5 Å². The minimum Gasteiger partial charge on any atom is -0.357 e. The molecular weight excluding hydrogens is 234 g/mol. The van der Waals surface area contributed by atoms with Crippen molar-refractivity contribution >= 4 is 16.5 Å². The molecule has 0 amide bonds. The highest BCUT2D eigenvalue weighted by atomic mass is 32.1. The van der Waals surface area contributed by atoms with E-state index >= 15 is 0 Å². The molecule has 6 heteroatoms. The second-order valence-electron chi connectivity index (χ2n) is 4.54. The van der Waals surface area contributed by atoms with Gasteiger partial charge in [-0.1, -0.05) is 11.3 Å². The summed E-state index contributed by atoms with van der Waals surface area (Å²) in [7, 11) is 0. The Kier molecular flexibility index (Phi) is 2.58. The minimum atomic E-state index is 0.149. The van der Waals surface area contributed by atoms with Gasteiger partial charge in [-0.3, -0.25) is 4.68 Å². The lowest BCUT2D eigenvalue weighted by atomic mass is 10.3. The summed E-state index contributed by atoms with van der Waals surface area (Å²) in [4.78, 5) is 0. The second-order valence-corrected chi connectivity index (χ2v) is 5.55. The largest absolute Gasteiger partial charge is 0.357 e. The SMILES string of the molecule is Cc1cnn([C@H](C)c2nnc(NC3CC3)s2)c1. The van der Waals surface area contributed by atoms with Gasteiger partial charge in [0.05, 0.1) is 6.20 Å². The van der Waals surface area contributed by atoms with E-state index in [-0.39, 0.29) is 6.04 Å². The summed E-state index contributed by atoms with van der Waals surface area (Å²) in [6, 6.07) is 0.772. The molecule has 1 atom stereocenters. The third kappa shape index (κ3) is 2.31. The first-order valence-electron chi connectivity index (χ1n) is 5.83. The van der Waals surface area contributed by atoms with E-state index in [4.69, 9.17) is 0 Å². The summed E-state index contributed by atoms with van der Waals surface area (Å²) >= 11 is 1.62. The molecule has 0 saturated heterocycles. The fourth-order valence-corrected chi connectivity index (χ4v) is 2.49. The summed E-state index contributed by atoms with van der Waals surface area (Å²) in [6.07, 6.45) is 6.40. The van der Waals surface area contributed by atoms with Crippen LogP contribution in [0.2, 0.25) is 0 Å². The lowest BCUT2D eigenvalue weighted by Crippen LogP contribution is -2.06. The smallest absolute Gasteiger partial charge is 0.205 e. The van der Waals surface area contributed by atoms with Crippen molar-refractivity contribution in [3.63, 3.8) is 0 Å². The minimum absolute atomic E-state index is 0.149. The molecule has 0 aromatic carbocycles. The highest BCUT2D eigenvalue weighted by Gasteiger charge is 2.23. The Labute approximate surface area is 104 Å². The Morgan fingerprint density at radius 2 is 2.29 bits per heavy atom. The van der Waals surface area contributed by atoms with Crippen molar-refractivity contribution in [2.45, 2.75) is 38.8 Å². The first-order chi connectivity index (χ1) is 8.22. The number of nitrogens with zero attached hydrogens (tertiary/aromatic N) is 4. The van der Waals surface area contributed by atoms with Crippen molar-refractivity contribution in [3.05, 3.63) is 23.0 Å². The van der Waals surface area contributed by atoms with Crippen LogP contribution in [0, 0.1) is 6.92 Å². The molecule has 2 aromatic heterocycles. The Hall–Kier alpha value is -1.43. The highest BCUT2D eigenvalue weighted by Crippen LogP contribution is 2.29. The van der Waals surface area contributed by atoms with Gasteiger partial charge in [-0.2, -0.15) is 5.10 Å². The van der Waals surface area contributed by atoms with Crippen molar-refractivity contribution in [3.8, 4) is 0 Å². The molecule has 1 saturated carbocycles. The Balaban J connectivity index is 1.76. The van der Waals surface area contributed by atoms with Gasteiger partial charge in [0.25, 0.3) is 0 Å². The van der Waals surface area contributed by atoms with Gasteiger partial charge in [-0.05, 0) is 32.3 Å². The third-order valence-corrected chi connectivity index (χ3v) is 3.86. The van der Waals surface area contributed by atoms with Crippen molar-refractivity contribution < 1.29 is 0 Å². The van der Waals surface area contributed by atoms with Gasteiger partial charge in [0.1, 0.15) is 11.0 Å². The van der Waals surface area contributed by atoms with E-state index < -0.39 is 0 Å². The van der Waals surface area contributed by atoms with E-state index in [1.54, 1.807) is 11.3 Å². The summed E-state index contributed by atoms with van der Waals surface area (Å²) in [6.45, 7) is 4.13. The molecule has 2 heterocycles. The molecule has 0 spiro atoms. The van der Waals surface area contributed by atoms with Crippen LogP contribution in [0.5, 0.6) is 0 Å². The fraction of sp³-hybridized carbons (Fsp3) is 0.545. The molecule has 0 unspecified atom stereocenters. The average molecular weight is 249 g/mol. The quantitative estimate of drug-likeness (QED) is 0.902. The number of aromatic nitrogens is 4. The number of hydrogen-bond acceptors (Lipinski definition) is 5. The molecule has 2 aromatic rings. The molecular formula is C11H15N5S. The predicted octanol–water partition coefficient (Wildman–Crippen LogP) is 2.23. The predicted molar refractivity (Wildman–Crippen MR) is 67.3 cm³/mol. The zero-order chi connectivity index (χ0) is 11.8. The van der Waals surface area contributed by atoms with Gasteiger partial charge in [0.15, 0.2) is 0 Å². The van der Waals surface area contributed by atoms with Crippen molar-refractivity contribution in [2.24, 2.45) is 0 Å². The maximum absolute atomic E-state index is 4.31. The molecule has 3 rings (SSSR count). The number of rotatable bonds is 4. The number of nitrogens with one attached hydrogen (secondary N) is 1. The van der Waals surface area contributed by atoms with E-state index in [1.165, 1.54) is 12.8 Å². The van der Waals surface area contributed by atoms with Crippen LogP contribution >= 0.6 is 11.3 Å². The fourth-order valence-electron chi connectivity index (χ4n) is 1.62. The molecule has 17 heavy (non-hydrogen) atoms. The van der Waals surface area contributed by atoms with Crippen LogP contribution in [0.25, 0.3) is 0 Å². The van der Waals surface area contributed by atoms with Gasteiger partial charge >= 0.3 is 0 Å². The zero-order valence-corrected chi connectivity index (χ0v) is 10.7. The molecule has 1 N–H and O–H groups in total. The van der Waals surface area contributed by atoms with Crippen LogP contribution in [0.1, 0.15) is 36.4 Å². The van der Waals surface area contributed by atoms with Gasteiger partial charge in [0, 0.05) is 12.2 Å². The summed E-state index contributed by atoms with van der Waals surface area (Å²) < 4.78 is 1.93. The normalized spacial score (nSPS) is 17.1. The van der Waals surface area contributed by atoms with Crippen LogP contribution in [0.3, 0.4) is 0 Å². The molecule has 1 fully saturated rings. The number of aryl methyl sites for hydroxylation is 1. The summed E-state index contributed by atoms with van der Waals surface area (Å²) in [5.74, 6) is 0. The van der Waals surface area contributed by atoms with E-state index in [0.717, 1.165) is 15.7 Å². The van der Waals surface area contributed by atoms with Crippen LogP contribution in [-0.4, -0.2) is 26.0 Å². The van der Waals surface area contributed by atoms with E-state index in [9.17, 15) is 0 Å². The van der Waals surface area contributed by atoms with Crippen LogP contribution in [-0.2, 0) is 0 Å². The van der Waals surface area contributed by atoms with Gasteiger partial charge in [-0.15, -0.1) is 10.2 Å². The highest BCUT2D eigenvalue weighted by molar-refractivity contribution is 7.15. The molecule has 5 nitrogen and oxygen atoms in total. The number of anilines is 1.